The molecular formula is C12H15N3. The Balaban J connectivity index is 2.18. The van der Waals surface area contributed by atoms with Crippen molar-refractivity contribution in [2.45, 2.75) is 26.8 Å². The van der Waals surface area contributed by atoms with E-state index in [1.165, 1.54) is 11.1 Å². The number of nitrogens with zero attached hydrogens (tertiary/aromatic N) is 3. The molecule has 78 valence electrons. The first-order valence-corrected chi connectivity index (χ1v) is 5.21. The molecule has 0 aliphatic heterocycles. The van der Waals surface area contributed by atoms with Gasteiger partial charge in [-0.3, -0.25) is 9.67 Å². The number of hydrogen-bond donors (Lipinski definition) is 0. The summed E-state index contributed by atoms with van der Waals surface area (Å²) in [6, 6.07) is 4.03. The maximum absolute atomic E-state index is 4.47. The van der Waals surface area contributed by atoms with Gasteiger partial charge in [-0.2, -0.15) is 5.10 Å². The summed E-state index contributed by atoms with van der Waals surface area (Å²) in [5, 5.41) is 4.47. The van der Waals surface area contributed by atoms with E-state index in [0.717, 1.165) is 18.7 Å². The first kappa shape index (κ1) is 9.90. The van der Waals surface area contributed by atoms with E-state index in [-0.39, 0.29) is 0 Å². The minimum absolute atomic E-state index is 0.823. The molecule has 2 rings (SSSR count). The van der Waals surface area contributed by atoms with Crippen LogP contribution in [0.25, 0.3) is 0 Å². The molecule has 2 aromatic heterocycles. The molecule has 0 aliphatic carbocycles. The predicted octanol–water partition coefficient (Wildman–Crippen LogP) is 2.20. The smallest absolute Gasteiger partial charge is 0.0660 e. The molecule has 0 N–H and O–H groups in total. The molecule has 3 heteroatoms. The van der Waals surface area contributed by atoms with Crippen LogP contribution in [-0.4, -0.2) is 14.8 Å². The number of aryl methyl sites for hydroxylation is 2. The van der Waals surface area contributed by atoms with Crippen LogP contribution in [0.4, 0.5) is 0 Å². The molecule has 0 saturated carbocycles. The van der Waals surface area contributed by atoms with Crippen molar-refractivity contribution in [2.24, 2.45) is 0 Å². The summed E-state index contributed by atoms with van der Waals surface area (Å²) in [4.78, 5) is 4.00. The van der Waals surface area contributed by atoms with Crippen molar-refractivity contribution in [1.29, 1.82) is 0 Å². The third-order valence-corrected chi connectivity index (χ3v) is 2.52. The van der Waals surface area contributed by atoms with Gasteiger partial charge >= 0.3 is 0 Å². The maximum atomic E-state index is 4.47. The van der Waals surface area contributed by atoms with Gasteiger partial charge < -0.3 is 0 Å². The van der Waals surface area contributed by atoms with Gasteiger partial charge in [-0.15, -0.1) is 0 Å². The second-order valence-corrected chi connectivity index (χ2v) is 3.65. The second kappa shape index (κ2) is 4.26. The third kappa shape index (κ3) is 2.24. The average molecular weight is 201 g/mol. The molecule has 0 spiro atoms. The highest BCUT2D eigenvalue weighted by Crippen LogP contribution is 2.08. The Kier molecular flexibility index (Phi) is 2.81. The van der Waals surface area contributed by atoms with Crippen LogP contribution in [0.3, 0.4) is 0 Å². The molecule has 0 unspecified atom stereocenters. The monoisotopic (exact) mass is 201 g/mol. The van der Waals surface area contributed by atoms with Gasteiger partial charge in [0.25, 0.3) is 0 Å². The van der Waals surface area contributed by atoms with Crippen LogP contribution in [0.2, 0.25) is 0 Å². The largest absolute Gasteiger partial charge is 0.268 e. The molecule has 0 radical (unpaired) electrons. The molecule has 15 heavy (non-hydrogen) atoms. The lowest BCUT2D eigenvalue weighted by Gasteiger charge is -2.00. The second-order valence-electron chi connectivity index (χ2n) is 3.65. The molecule has 2 heterocycles. The molecule has 0 atom stereocenters. The van der Waals surface area contributed by atoms with Gasteiger partial charge in [-0.05, 0) is 36.6 Å². The number of rotatable bonds is 3. The van der Waals surface area contributed by atoms with Crippen molar-refractivity contribution in [3.05, 3.63) is 47.5 Å². The van der Waals surface area contributed by atoms with Gasteiger partial charge in [-0.25, -0.2) is 0 Å². The highest BCUT2D eigenvalue weighted by molar-refractivity contribution is 5.17. The van der Waals surface area contributed by atoms with Crippen molar-refractivity contribution in [2.75, 3.05) is 0 Å². The summed E-state index contributed by atoms with van der Waals surface area (Å²) in [5.74, 6) is 0. The van der Waals surface area contributed by atoms with Gasteiger partial charge in [0, 0.05) is 18.6 Å². The normalized spacial score (nSPS) is 10.5. The third-order valence-electron chi connectivity index (χ3n) is 2.52. The predicted molar refractivity (Wildman–Crippen MR) is 59.7 cm³/mol. The quantitative estimate of drug-likeness (QED) is 0.762. The average Bonchev–Trinajstić information content (AvgIpc) is 2.60. The summed E-state index contributed by atoms with van der Waals surface area (Å²) < 4.78 is 1.99. The van der Waals surface area contributed by atoms with Crippen LogP contribution in [-0.2, 0) is 13.0 Å². The summed E-state index contributed by atoms with van der Waals surface area (Å²) in [6.07, 6.45) is 6.79. The Hall–Kier alpha value is -1.64. The van der Waals surface area contributed by atoms with Crippen LogP contribution in [0.1, 0.15) is 23.7 Å². The topological polar surface area (TPSA) is 30.7 Å². The first-order valence-electron chi connectivity index (χ1n) is 5.21. The van der Waals surface area contributed by atoms with Gasteiger partial charge in [0.05, 0.1) is 12.2 Å². The lowest BCUT2D eigenvalue weighted by molar-refractivity contribution is 0.678. The van der Waals surface area contributed by atoms with Gasteiger partial charge in [0.15, 0.2) is 0 Å². The zero-order chi connectivity index (χ0) is 10.7. The molecule has 3 nitrogen and oxygen atoms in total. The Labute approximate surface area is 89.8 Å². The van der Waals surface area contributed by atoms with E-state index in [4.69, 9.17) is 0 Å². The van der Waals surface area contributed by atoms with E-state index in [9.17, 15) is 0 Å². The van der Waals surface area contributed by atoms with Crippen molar-refractivity contribution in [1.82, 2.24) is 14.8 Å². The first-order chi connectivity index (χ1) is 7.29. The summed E-state index contributed by atoms with van der Waals surface area (Å²) in [6.45, 7) is 5.03. The van der Waals surface area contributed by atoms with Crippen LogP contribution in [0.15, 0.2) is 30.7 Å². The Morgan fingerprint density at radius 2 is 2.00 bits per heavy atom. The van der Waals surface area contributed by atoms with Crippen molar-refractivity contribution < 1.29 is 0 Å². The highest BCUT2D eigenvalue weighted by Gasteiger charge is 2.02. The summed E-state index contributed by atoms with van der Waals surface area (Å²) >= 11 is 0. The van der Waals surface area contributed by atoms with E-state index in [1.54, 1.807) is 0 Å². The van der Waals surface area contributed by atoms with Gasteiger partial charge in [0.1, 0.15) is 0 Å². The van der Waals surface area contributed by atoms with Crippen LogP contribution in [0.5, 0.6) is 0 Å². The number of aromatic nitrogens is 3. The zero-order valence-corrected chi connectivity index (χ0v) is 9.14. The number of hydrogen-bond acceptors (Lipinski definition) is 2. The van der Waals surface area contributed by atoms with Crippen LogP contribution < -0.4 is 0 Å². The molecule has 0 amide bonds. The minimum atomic E-state index is 0.823. The van der Waals surface area contributed by atoms with Crippen LogP contribution >= 0.6 is 0 Å². The standard InChI is InChI=1S/C12H15N3/c1-3-12-9-15(14-10(12)2)8-11-4-6-13-7-5-11/h4-7,9H,3,8H2,1-2H3. The van der Waals surface area contributed by atoms with E-state index < -0.39 is 0 Å². The molecule has 2 aromatic rings. The van der Waals surface area contributed by atoms with Crippen molar-refractivity contribution in [3.8, 4) is 0 Å². The molecule has 0 aliphatic rings. The molecule has 0 fully saturated rings. The molecular weight excluding hydrogens is 186 g/mol. The van der Waals surface area contributed by atoms with Crippen LogP contribution in [0, 0.1) is 6.92 Å². The molecule has 0 aromatic carbocycles. The SMILES string of the molecule is CCc1cn(Cc2ccncc2)nc1C. The van der Waals surface area contributed by atoms with Gasteiger partial charge in [-0.1, -0.05) is 6.92 Å². The zero-order valence-electron chi connectivity index (χ0n) is 9.14. The van der Waals surface area contributed by atoms with Crippen molar-refractivity contribution in [3.63, 3.8) is 0 Å². The van der Waals surface area contributed by atoms with Gasteiger partial charge in [0.2, 0.25) is 0 Å². The van der Waals surface area contributed by atoms with E-state index in [2.05, 4.69) is 30.1 Å². The Morgan fingerprint density at radius 3 is 2.60 bits per heavy atom. The number of pyridine rings is 1. The van der Waals surface area contributed by atoms with E-state index in [0.29, 0.717) is 0 Å². The maximum Gasteiger partial charge on any atom is 0.0660 e. The van der Waals surface area contributed by atoms with Crippen molar-refractivity contribution >= 4 is 0 Å². The lowest BCUT2D eigenvalue weighted by Crippen LogP contribution is -2.00. The van der Waals surface area contributed by atoms with E-state index >= 15 is 0 Å². The fourth-order valence-corrected chi connectivity index (χ4v) is 1.66. The molecule has 0 bridgehead atoms. The highest BCUT2D eigenvalue weighted by atomic mass is 15.3. The molecule has 0 saturated heterocycles. The summed E-state index contributed by atoms with van der Waals surface area (Å²) in [5.41, 5.74) is 3.69. The minimum Gasteiger partial charge on any atom is -0.268 e. The Bertz CT molecular complexity index is 431. The fraction of sp³-hybridized carbons (Fsp3) is 0.333. The van der Waals surface area contributed by atoms with E-state index in [1.807, 2.05) is 29.2 Å². The lowest BCUT2D eigenvalue weighted by atomic mass is 10.2. The Morgan fingerprint density at radius 1 is 1.27 bits per heavy atom. The fourth-order valence-electron chi connectivity index (χ4n) is 1.66. The summed E-state index contributed by atoms with van der Waals surface area (Å²) in [7, 11) is 0.